The Hall–Kier alpha value is -1.06. The normalized spacial score (nSPS) is 10.3. The van der Waals surface area contributed by atoms with Crippen molar-refractivity contribution in [3.63, 3.8) is 0 Å². The zero-order valence-corrected chi connectivity index (χ0v) is 11.7. The number of hydrogen-bond acceptors (Lipinski definition) is 2. The second-order valence-electron chi connectivity index (χ2n) is 3.79. The summed E-state index contributed by atoms with van der Waals surface area (Å²) in [6.45, 7) is 0.767. The summed E-state index contributed by atoms with van der Waals surface area (Å²) in [7, 11) is 2.02. The topological polar surface area (TPSA) is 16.1 Å². The summed E-state index contributed by atoms with van der Waals surface area (Å²) in [6, 6.07) is 11.8. The molecule has 88 valence electrons. The van der Waals surface area contributed by atoms with Gasteiger partial charge < -0.3 is 4.90 Å². The van der Waals surface area contributed by atoms with Crippen LogP contribution in [0.5, 0.6) is 0 Å². The van der Waals surface area contributed by atoms with Crippen LogP contribution < -0.4 is 4.90 Å². The third kappa shape index (κ3) is 3.20. The van der Waals surface area contributed by atoms with Gasteiger partial charge in [-0.05, 0) is 39.7 Å². The van der Waals surface area contributed by atoms with Gasteiger partial charge in [-0.15, -0.1) is 0 Å². The molecule has 0 aliphatic heterocycles. The van der Waals surface area contributed by atoms with Crippen LogP contribution >= 0.6 is 27.5 Å². The zero-order valence-electron chi connectivity index (χ0n) is 9.40. The van der Waals surface area contributed by atoms with Crippen molar-refractivity contribution in [1.82, 2.24) is 4.98 Å². The molecule has 2 aromatic rings. The van der Waals surface area contributed by atoms with Crippen molar-refractivity contribution in [1.29, 1.82) is 0 Å². The Bertz CT molecular complexity index is 499. The number of aromatic nitrogens is 1. The summed E-state index contributed by atoms with van der Waals surface area (Å²) in [5.74, 6) is 0. The summed E-state index contributed by atoms with van der Waals surface area (Å²) >= 11 is 9.45. The average molecular weight is 312 g/mol. The molecule has 0 unspecified atom stereocenters. The maximum atomic E-state index is 6.13. The summed E-state index contributed by atoms with van der Waals surface area (Å²) < 4.78 is 0.840. The number of rotatable bonds is 3. The number of anilines is 1. The Kier molecular flexibility index (Phi) is 4.02. The molecule has 1 aromatic carbocycles. The fraction of sp³-hybridized carbons (Fsp3) is 0.154. The van der Waals surface area contributed by atoms with Crippen LogP contribution in [0.25, 0.3) is 0 Å². The summed E-state index contributed by atoms with van der Waals surface area (Å²) in [6.07, 6.45) is 1.83. The molecule has 2 nitrogen and oxygen atoms in total. The van der Waals surface area contributed by atoms with Crippen LogP contribution in [0.2, 0.25) is 5.02 Å². The zero-order chi connectivity index (χ0) is 12.3. The van der Waals surface area contributed by atoms with E-state index in [0.717, 1.165) is 27.4 Å². The Morgan fingerprint density at radius 1 is 1.24 bits per heavy atom. The maximum Gasteiger partial charge on any atom is 0.106 e. The van der Waals surface area contributed by atoms with Crippen LogP contribution in [-0.2, 0) is 6.54 Å². The molecule has 0 bridgehead atoms. The van der Waals surface area contributed by atoms with Crippen LogP contribution in [-0.4, -0.2) is 12.0 Å². The van der Waals surface area contributed by atoms with Crippen LogP contribution in [0.4, 0.5) is 5.69 Å². The molecule has 0 radical (unpaired) electrons. The van der Waals surface area contributed by atoms with Crippen molar-refractivity contribution in [3.8, 4) is 0 Å². The van der Waals surface area contributed by atoms with Gasteiger partial charge in [0.1, 0.15) is 4.60 Å². The largest absolute Gasteiger partial charge is 0.369 e. The molecule has 17 heavy (non-hydrogen) atoms. The first kappa shape index (κ1) is 12.4. The van der Waals surface area contributed by atoms with Crippen LogP contribution in [0, 0.1) is 0 Å². The Morgan fingerprint density at radius 2 is 2.00 bits per heavy atom. The monoisotopic (exact) mass is 310 g/mol. The lowest BCUT2D eigenvalue weighted by Gasteiger charge is -2.19. The minimum absolute atomic E-state index is 0.767. The summed E-state index contributed by atoms with van der Waals surface area (Å²) in [5.41, 5.74) is 2.17. The lowest BCUT2D eigenvalue weighted by molar-refractivity contribution is 0.917. The van der Waals surface area contributed by atoms with E-state index < -0.39 is 0 Å². The molecule has 0 N–H and O–H groups in total. The molecule has 0 saturated heterocycles. The lowest BCUT2D eigenvalue weighted by Crippen LogP contribution is -2.16. The van der Waals surface area contributed by atoms with E-state index in [4.69, 9.17) is 11.6 Å². The molecule has 0 aliphatic rings. The highest BCUT2D eigenvalue weighted by Gasteiger charge is 2.05. The van der Waals surface area contributed by atoms with Crippen LogP contribution in [0.15, 0.2) is 47.2 Å². The van der Waals surface area contributed by atoms with Gasteiger partial charge in [-0.3, -0.25) is 0 Å². The second-order valence-corrected chi connectivity index (χ2v) is 5.01. The molecular formula is C13H12BrClN2. The van der Waals surface area contributed by atoms with E-state index >= 15 is 0 Å². The fourth-order valence-corrected chi connectivity index (χ4v) is 2.00. The third-order valence-corrected chi connectivity index (χ3v) is 3.36. The number of hydrogen-bond donors (Lipinski definition) is 0. The van der Waals surface area contributed by atoms with E-state index in [2.05, 4.69) is 25.8 Å². The molecule has 0 amide bonds. The third-order valence-electron chi connectivity index (χ3n) is 2.52. The number of pyridine rings is 1. The first-order valence-electron chi connectivity index (χ1n) is 5.23. The van der Waals surface area contributed by atoms with Crippen LogP contribution in [0.3, 0.4) is 0 Å². The van der Waals surface area contributed by atoms with Gasteiger partial charge in [0, 0.05) is 18.6 Å². The Morgan fingerprint density at radius 3 is 2.65 bits per heavy atom. The van der Waals surface area contributed by atoms with Gasteiger partial charge in [0.15, 0.2) is 0 Å². The first-order valence-corrected chi connectivity index (χ1v) is 6.40. The van der Waals surface area contributed by atoms with E-state index in [1.165, 1.54) is 0 Å². The average Bonchev–Trinajstić information content (AvgIpc) is 2.33. The van der Waals surface area contributed by atoms with Gasteiger partial charge >= 0.3 is 0 Å². The minimum Gasteiger partial charge on any atom is -0.369 e. The number of nitrogens with zero attached hydrogens (tertiary/aromatic N) is 2. The summed E-state index contributed by atoms with van der Waals surface area (Å²) in [5, 5.41) is 0.796. The molecule has 1 heterocycles. The Labute approximate surface area is 114 Å². The molecule has 0 fully saturated rings. The van der Waals surface area contributed by atoms with Gasteiger partial charge in [-0.2, -0.15) is 0 Å². The second kappa shape index (κ2) is 5.52. The molecule has 0 spiro atoms. The lowest BCUT2D eigenvalue weighted by atomic mass is 10.2. The molecule has 1 aromatic heterocycles. The number of benzene rings is 1. The molecule has 4 heteroatoms. The standard InChI is InChI=1S/C13H12BrClN2/c1-17(11-6-7-13(14)16-8-11)9-10-4-2-3-5-12(10)15/h2-8H,9H2,1H3. The van der Waals surface area contributed by atoms with E-state index in [0.29, 0.717) is 0 Å². The van der Waals surface area contributed by atoms with Gasteiger partial charge in [-0.1, -0.05) is 29.8 Å². The molecular weight excluding hydrogens is 300 g/mol. The van der Waals surface area contributed by atoms with E-state index in [1.807, 2.05) is 49.6 Å². The fourth-order valence-electron chi connectivity index (χ4n) is 1.57. The van der Waals surface area contributed by atoms with Gasteiger partial charge in [-0.25, -0.2) is 4.98 Å². The quantitative estimate of drug-likeness (QED) is 0.792. The van der Waals surface area contributed by atoms with Crippen molar-refractivity contribution in [3.05, 3.63) is 57.8 Å². The predicted octanol–water partition coefficient (Wildman–Crippen LogP) is 4.13. The molecule has 2 rings (SSSR count). The minimum atomic E-state index is 0.767. The summed E-state index contributed by atoms with van der Waals surface area (Å²) in [4.78, 5) is 6.32. The highest BCUT2D eigenvalue weighted by atomic mass is 79.9. The van der Waals surface area contributed by atoms with E-state index in [-0.39, 0.29) is 0 Å². The van der Waals surface area contributed by atoms with Gasteiger partial charge in [0.05, 0.1) is 11.9 Å². The number of halogens is 2. The van der Waals surface area contributed by atoms with Crippen molar-refractivity contribution in [2.75, 3.05) is 11.9 Å². The van der Waals surface area contributed by atoms with Crippen molar-refractivity contribution in [2.24, 2.45) is 0 Å². The van der Waals surface area contributed by atoms with E-state index in [1.54, 1.807) is 0 Å². The van der Waals surface area contributed by atoms with Crippen molar-refractivity contribution in [2.45, 2.75) is 6.54 Å². The molecule has 0 aliphatic carbocycles. The highest BCUT2D eigenvalue weighted by molar-refractivity contribution is 9.10. The predicted molar refractivity (Wildman–Crippen MR) is 75.5 cm³/mol. The van der Waals surface area contributed by atoms with Crippen LogP contribution in [0.1, 0.15) is 5.56 Å². The van der Waals surface area contributed by atoms with Gasteiger partial charge in [0.25, 0.3) is 0 Å². The first-order chi connectivity index (χ1) is 8.16. The maximum absolute atomic E-state index is 6.13. The van der Waals surface area contributed by atoms with Crippen molar-refractivity contribution < 1.29 is 0 Å². The highest BCUT2D eigenvalue weighted by Crippen LogP contribution is 2.20. The molecule has 0 atom stereocenters. The smallest absolute Gasteiger partial charge is 0.106 e. The van der Waals surface area contributed by atoms with Gasteiger partial charge in [0.2, 0.25) is 0 Å². The van der Waals surface area contributed by atoms with Crippen molar-refractivity contribution >= 4 is 33.2 Å². The molecule has 0 saturated carbocycles. The van der Waals surface area contributed by atoms with E-state index in [9.17, 15) is 0 Å². The Balaban J connectivity index is 2.14. The SMILES string of the molecule is CN(Cc1ccccc1Cl)c1ccc(Br)nc1.